The molecule has 0 saturated heterocycles. The average molecular weight is 316 g/mol. The Labute approximate surface area is 107 Å². The number of halogens is 1. The van der Waals surface area contributed by atoms with E-state index in [-0.39, 0.29) is 5.03 Å². The van der Waals surface area contributed by atoms with Crippen molar-refractivity contribution in [2.24, 2.45) is 0 Å². The van der Waals surface area contributed by atoms with Crippen molar-refractivity contribution in [2.75, 3.05) is 4.72 Å². The fourth-order valence-electron chi connectivity index (χ4n) is 1.31. The smallest absolute Gasteiger partial charge is 0.278 e. The summed E-state index contributed by atoms with van der Waals surface area (Å²) in [5, 5.41) is 6.07. The van der Waals surface area contributed by atoms with E-state index in [9.17, 15) is 8.42 Å². The van der Waals surface area contributed by atoms with Gasteiger partial charge in [-0.05, 0) is 30.7 Å². The summed E-state index contributed by atoms with van der Waals surface area (Å²) in [4.78, 5) is 0. The highest BCUT2D eigenvalue weighted by Gasteiger charge is 2.16. The van der Waals surface area contributed by atoms with Crippen LogP contribution >= 0.6 is 15.9 Å². The average Bonchev–Trinajstić information content (AvgIpc) is 2.78. The molecule has 0 saturated carbocycles. The zero-order valence-electron chi connectivity index (χ0n) is 8.94. The second-order valence-corrected chi connectivity index (χ2v) is 5.94. The SMILES string of the molecule is Cc1c(Br)cccc1NS(=O)(=O)c1ccn[nH]1. The third-order valence-electron chi connectivity index (χ3n) is 2.28. The summed E-state index contributed by atoms with van der Waals surface area (Å²) in [5.41, 5.74) is 1.37. The van der Waals surface area contributed by atoms with Crippen LogP contribution in [0, 0.1) is 6.92 Å². The van der Waals surface area contributed by atoms with E-state index < -0.39 is 10.0 Å². The van der Waals surface area contributed by atoms with E-state index in [4.69, 9.17) is 0 Å². The fourth-order valence-corrected chi connectivity index (χ4v) is 2.71. The lowest BCUT2D eigenvalue weighted by Gasteiger charge is -2.10. The van der Waals surface area contributed by atoms with E-state index in [1.165, 1.54) is 12.3 Å². The Morgan fingerprint density at radius 1 is 1.35 bits per heavy atom. The normalized spacial score (nSPS) is 11.4. The van der Waals surface area contributed by atoms with Crippen molar-refractivity contribution in [3.63, 3.8) is 0 Å². The van der Waals surface area contributed by atoms with Gasteiger partial charge in [0.1, 0.15) is 0 Å². The molecule has 1 heterocycles. The van der Waals surface area contributed by atoms with Crippen LogP contribution in [0.25, 0.3) is 0 Å². The minimum atomic E-state index is -3.60. The van der Waals surface area contributed by atoms with Gasteiger partial charge in [-0.15, -0.1) is 0 Å². The van der Waals surface area contributed by atoms with Crippen molar-refractivity contribution in [1.29, 1.82) is 0 Å². The van der Waals surface area contributed by atoms with Crippen LogP contribution in [0.15, 0.2) is 40.0 Å². The second-order valence-electron chi connectivity index (χ2n) is 3.44. The summed E-state index contributed by atoms with van der Waals surface area (Å²) in [5.74, 6) is 0. The Kier molecular flexibility index (Phi) is 3.21. The van der Waals surface area contributed by atoms with Gasteiger partial charge in [0.05, 0.1) is 11.9 Å². The number of rotatable bonds is 3. The first kappa shape index (κ1) is 12.1. The van der Waals surface area contributed by atoms with E-state index in [0.717, 1.165) is 10.0 Å². The minimum Gasteiger partial charge on any atom is -0.278 e. The number of nitrogens with zero attached hydrogens (tertiary/aromatic N) is 1. The predicted molar refractivity (Wildman–Crippen MR) is 68.3 cm³/mol. The molecule has 17 heavy (non-hydrogen) atoms. The van der Waals surface area contributed by atoms with Gasteiger partial charge in [0.15, 0.2) is 5.03 Å². The van der Waals surface area contributed by atoms with Crippen LogP contribution in [0.3, 0.4) is 0 Å². The number of H-pyrrole nitrogens is 1. The van der Waals surface area contributed by atoms with Crippen LogP contribution in [0.1, 0.15) is 5.56 Å². The number of anilines is 1. The van der Waals surface area contributed by atoms with Gasteiger partial charge in [-0.3, -0.25) is 9.82 Å². The number of nitrogens with one attached hydrogen (secondary N) is 2. The van der Waals surface area contributed by atoms with Crippen molar-refractivity contribution >= 4 is 31.6 Å². The lowest BCUT2D eigenvalue weighted by atomic mass is 10.2. The quantitative estimate of drug-likeness (QED) is 0.912. The molecular weight excluding hydrogens is 306 g/mol. The Balaban J connectivity index is 2.37. The number of hydrogen-bond donors (Lipinski definition) is 2. The van der Waals surface area contributed by atoms with Crippen molar-refractivity contribution in [1.82, 2.24) is 10.2 Å². The Bertz CT molecular complexity index is 623. The largest absolute Gasteiger partial charge is 0.278 e. The molecule has 2 rings (SSSR count). The van der Waals surface area contributed by atoms with Crippen molar-refractivity contribution in [2.45, 2.75) is 11.9 Å². The maximum atomic E-state index is 11.9. The molecule has 0 atom stereocenters. The fraction of sp³-hybridized carbons (Fsp3) is 0.100. The zero-order chi connectivity index (χ0) is 12.5. The van der Waals surface area contributed by atoms with Gasteiger partial charge >= 0.3 is 0 Å². The van der Waals surface area contributed by atoms with Gasteiger partial charge in [-0.2, -0.15) is 13.5 Å². The third kappa shape index (κ3) is 2.50. The van der Waals surface area contributed by atoms with Crippen molar-refractivity contribution in [3.05, 3.63) is 40.5 Å². The summed E-state index contributed by atoms with van der Waals surface area (Å²) < 4.78 is 27.2. The molecular formula is C10H10BrN3O2S. The first-order chi connectivity index (χ1) is 8.00. The van der Waals surface area contributed by atoms with E-state index in [1.807, 2.05) is 13.0 Å². The van der Waals surface area contributed by atoms with Crippen molar-refractivity contribution in [3.8, 4) is 0 Å². The molecule has 0 spiro atoms. The second kappa shape index (κ2) is 4.50. The molecule has 0 bridgehead atoms. The van der Waals surface area contributed by atoms with Crippen LogP contribution in [0.4, 0.5) is 5.69 Å². The number of sulfonamides is 1. The molecule has 7 heteroatoms. The molecule has 1 aromatic heterocycles. The summed E-state index contributed by atoms with van der Waals surface area (Å²) in [6.45, 7) is 1.83. The van der Waals surface area contributed by atoms with Gasteiger partial charge in [-0.25, -0.2) is 0 Å². The number of benzene rings is 1. The van der Waals surface area contributed by atoms with Crippen LogP contribution in [0.2, 0.25) is 0 Å². The highest BCUT2D eigenvalue weighted by Crippen LogP contribution is 2.25. The van der Waals surface area contributed by atoms with Crippen LogP contribution < -0.4 is 4.72 Å². The summed E-state index contributed by atoms with van der Waals surface area (Å²) in [7, 11) is -3.60. The van der Waals surface area contributed by atoms with E-state index >= 15 is 0 Å². The summed E-state index contributed by atoms with van der Waals surface area (Å²) >= 11 is 3.35. The maximum absolute atomic E-state index is 11.9. The molecule has 5 nitrogen and oxygen atoms in total. The van der Waals surface area contributed by atoms with Gasteiger partial charge in [0, 0.05) is 4.47 Å². The molecule has 0 aliphatic heterocycles. The van der Waals surface area contributed by atoms with Crippen LogP contribution in [-0.2, 0) is 10.0 Å². The van der Waals surface area contributed by atoms with Gasteiger partial charge in [0.25, 0.3) is 10.0 Å². The topological polar surface area (TPSA) is 74.8 Å². The Morgan fingerprint density at radius 3 is 2.76 bits per heavy atom. The monoisotopic (exact) mass is 315 g/mol. The van der Waals surface area contributed by atoms with Gasteiger partial charge in [0.2, 0.25) is 0 Å². The summed E-state index contributed by atoms with van der Waals surface area (Å²) in [6.07, 6.45) is 1.39. The molecule has 0 radical (unpaired) electrons. The molecule has 2 N–H and O–H groups in total. The third-order valence-corrected chi connectivity index (χ3v) is 4.43. The lowest BCUT2D eigenvalue weighted by molar-refractivity contribution is 0.597. The molecule has 0 aliphatic rings. The molecule has 2 aromatic rings. The standard InChI is InChI=1S/C10H10BrN3O2S/c1-7-8(11)3-2-4-9(7)14-17(15,16)10-5-6-12-13-10/h2-6,14H,1H3,(H,12,13). The first-order valence-corrected chi connectivity index (χ1v) is 7.05. The number of hydrogen-bond acceptors (Lipinski definition) is 3. The molecule has 0 unspecified atom stereocenters. The lowest BCUT2D eigenvalue weighted by Crippen LogP contribution is -2.14. The van der Waals surface area contributed by atoms with Gasteiger partial charge < -0.3 is 0 Å². The Morgan fingerprint density at radius 2 is 2.12 bits per heavy atom. The van der Waals surface area contributed by atoms with Gasteiger partial charge in [-0.1, -0.05) is 22.0 Å². The maximum Gasteiger partial charge on any atom is 0.278 e. The number of aromatic nitrogens is 2. The molecule has 0 amide bonds. The molecule has 90 valence electrons. The number of aromatic amines is 1. The summed E-state index contributed by atoms with van der Waals surface area (Å²) in [6, 6.07) is 6.72. The molecule has 0 aliphatic carbocycles. The predicted octanol–water partition coefficient (Wildman–Crippen LogP) is 2.28. The Hall–Kier alpha value is -1.34. The van der Waals surface area contributed by atoms with Crippen LogP contribution in [-0.4, -0.2) is 18.6 Å². The highest BCUT2D eigenvalue weighted by atomic mass is 79.9. The highest BCUT2D eigenvalue weighted by molar-refractivity contribution is 9.10. The van der Waals surface area contributed by atoms with Crippen LogP contribution in [0.5, 0.6) is 0 Å². The van der Waals surface area contributed by atoms with Crippen molar-refractivity contribution < 1.29 is 8.42 Å². The molecule has 1 aromatic carbocycles. The van der Waals surface area contributed by atoms with E-state index in [0.29, 0.717) is 5.69 Å². The van der Waals surface area contributed by atoms with E-state index in [1.54, 1.807) is 12.1 Å². The van der Waals surface area contributed by atoms with E-state index in [2.05, 4.69) is 30.8 Å². The first-order valence-electron chi connectivity index (χ1n) is 4.78. The molecule has 0 fully saturated rings. The minimum absolute atomic E-state index is 0.0388. The zero-order valence-corrected chi connectivity index (χ0v) is 11.3.